The molecule has 0 saturated carbocycles. The van der Waals surface area contributed by atoms with E-state index in [4.69, 9.17) is 4.74 Å². The lowest BCUT2D eigenvalue weighted by Gasteiger charge is -2.29. The lowest BCUT2D eigenvalue weighted by molar-refractivity contribution is 0.0343. The number of ether oxygens (including phenoxy) is 1. The van der Waals surface area contributed by atoms with E-state index in [2.05, 4.69) is 49.2 Å². The van der Waals surface area contributed by atoms with Crippen molar-refractivity contribution in [3.05, 3.63) is 18.0 Å². The van der Waals surface area contributed by atoms with Crippen LogP contribution < -0.4 is 5.32 Å². The van der Waals surface area contributed by atoms with Crippen LogP contribution in [0.15, 0.2) is 12.4 Å². The molecule has 1 aromatic rings. The van der Waals surface area contributed by atoms with Gasteiger partial charge in [0.2, 0.25) is 0 Å². The second-order valence-electron chi connectivity index (χ2n) is 6.66. The number of nitrogens with one attached hydrogen (secondary N) is 1. The van der Waals surface area contributed by atoms with Gasteiger partial charge in [0, 0.05) is 44.0 Å². The zero-order valence-electron chi connectivity index (χ0n) is 13.2. The molecule has 0 radical (unpaired) electrons. The number of nitrogens with zero attached hydrogens (tertiary/aromatic N) is 3. The van der Waals surface area contributed by atoms with Crippen molar-refractivity contribution in [2.45, 2.75) is 45.8 Å². The number of aromatic nitrogens is 2. The molecule has 2 heterocycles. The molecule has 1 atom stereocenters. The van der Waals surface area contributed by atoms with Gasteiger partial charge in [0.25, 0.3) is 0 Å². The first-order chi connectivity index (χ1) is 9.45. The summed E-state index contributed by atoms with van der Waals surface area (Å²) in [6.07, 6.45) is 4.09. The third-order valence-electron chi connectivity index (χ3n) is 3.61. The molecule has 1 fully saturated rings. The Morgan fingerprint density at radius 2 is 2.05 bits per heavy atom. The molecule has 1 saturated heterocycles. The number of hydrogen-bond donors (Lipinski definition) is 1. The van der Waals surface area contributed by atoms with Crippen molar-refractivity contribution >= 4 is 0 Å². The van der Waals surface area contributed by atoms with Crippen LogP contribution in [-0.4, -0.2) is 53.6 Å². The molecule has 1 aliphatic heterocycles. The Morgan fingerprint density at radius 3 is 2.65 bits per heavy atom. The van der Waals surface area contributed by atoms with Gasteiger partial charge in [0.15, 0.2) is 0 Å². The molecule has 1 aromatic heterocycles. The molecular weight excluding hydrogens is 252 g/mol. The average molecular weight is 280 g/mol. The second kappa shape index (κ2) is 6.70. The Kier molecular flexibility index (Phi) is 5.18. The Hall–Kier alpha value is -0.910. The maximum atomic E-state index is 5.37. The van der Waals surface area contributed by atoms with Crippen molar-refractivity contribution in [1.29, 1.82) is 0 Å². The third kappa shape index (κ3) is 4.58. The highest BCUT2D eigenvalue weighted by atomic mass is 16.5. The van der Waals surface area contributed by atoms with Crippen molar-refractivity contribution in [2.24, 2.45) is 0 Å². The lowest BCUT2D eigenvalue weighted by atomic mass is 10.1. The Bertz CT molecular complexity index is 404. The molecule has 1 aliphatic rings. The fourth-order valence-electron chi connectivity index (χ4n) is 2.35. The molecule has 0 spiro atoms. The molecule has 0 bridgehead atoms. The van der Waals surface area contributed by atoms with Crippen molar-refractivity contribution in [2.75, 3.05) is 32.8 Å². The van der Waals surface area contributed by atoms with Crippen LogP contribution in [-0.2, 0) is 16.8 Å². The minimum absolute atomic E-state index is 0.0532. The van der Waals surface area contributed by atoms with E-state index in [1.165, 1.54) is 5.56 Å². The van der Waals surface area contributed by atoms with E-state index in [9.17, 15) is 0 Å². The number of hydrogen-bond acceptors (Lipinski definition) is 4. The van der Waals surface area contributed by atoms with Crippen LogP contribution in [0, 0.1) is 0 Å². The molecule has 1 unspecified atom stereocenters. The minimum Gasteiger partial charge on any atom is -0.379 e. The summed E-state index contributed by atoms with van der Waals surface area (Å²) in [6.45, 7) is 14.5. The molecule has 0 aliphatic carbocycles. The second-order valence-corrected chi connectivity index (χ2v) is 6.66. The highest BCUT2D eigenvalue weighted by Gasteiger charge is 2.15. The highest BCUT2D eigenvalue weighted by molar-refractivity contribution is 5.05. The van der Waals surface area contributed by atoms with E-state index < -0.39 is 0 Å². The Morgan fingerprint density at radius 1 is 1.35 bits per heavy atom. The van der Waals surface area contributed by atoms with Gasteiger partial charge in [0.1, 0.15) is 0 Å². The Labute approximate surface area is 122 Å². The molecule has 0 aromatic carbocycles. The normalized spacial score (nSPS) is 19.2. The standard InChI is InChI=1S/C15H28N4O/c1-13(11-18-5-7-20-8-6-18)16-9-14-10-17-19(12-14)15(2,3)4/h10,12-13,16H,5-9,11H2,1-4H3. The summed E-state index contributed by atoms with van der Waals surface area (Å²) in [4.78, 5) is 2.46. The fourth-order valence-corrected chi connectivity index (χ4v) is 2.35. The van der Waals surface area contributed by atoms with Gasteiger partial charge < -0.3 is 10.1 Å². The van der Waals surface area contributed by atoms with Crippen LogP contribution in [0.25, 0.3) is 0 Å². The van der Waals surface area contributed by atoms with Crippen LogP contribution in [0.3, 0.4) is 0 Å². The molecular formula is C15H28N4O. The lowest BCUT2D eigenvalue weighted by Crippen LogP contribution is -2.44. The van der Waals surface area contributed by atoms with Gasteiger partial charge in [-0.25, -0.2) is 0 Å². The fraction of sp³-hybridized carbons (Fsp3) is 0.800. The quantitative estimate of drug-likeness (QED) is 0.886. The van der Waals surface area contributed by atoms with Crippen LogP contribution in [0.1, 0.15) is 33.3 Å². The summed E-state index contributed by atoms with van der Waals surface area (Å²) in [5.41, 5.74) is 1.30. The van der Waals surface area contributed by atoms with E-state index >= 15 is 0 Å². The van der Waals surface area contributed by atoms with E-state index in [1.807, 2.05) is 10.9 Å². The Balaban J connectivity index is 1.75. The summed E-state index contributed by atoms with van der Waals surface area (Å²) in [5, 5.41) is 8.01. The van der Waals surface area contributed by atoms with Crippen molar-refractivity contribution < 1.29 is 4.74 Å². The smallest absolute Gasteiger partial charge is 0.0594 e. The zero-order chi connectivity index (χ0) is 14.6. The molecule has 5 nitrogen and oxygen atoms in total. The van der Waals surface area contributed by atoms with Crippen LogP contribution in [0.4, 0.5) is 0 Å². The van der Waals surface area contributed by atoms with Crippen molar-refractivity contribution in [3.8, 4) is 0 Å². The van der Waals surface area contributed by atoms with Gasteiger partial charge in [-0.15, -0.1) is 0 Å². The van der Waals surface area contributed by atoms with Gasteiger partial charge in [-0.1, -0.05) is 0 Å². The largest absolute Gasteiger partial charge is 0.379 e. The van der Waals surface area contributed by atoms with Gasteiger partial charge >= 0.3 is 0 Å². The van der Waals surface area contributed by atoms with Crippen LogP contribution >= 0.6 is 0 Å². The predicted octanol–water partition coefficient (Wildman–Crippen LogP) is 1.45. The van der Waals surface area contributed by atoms with E-state index in [1.54, 1.807) is 0 Å². The third-order valence-corrected chi connectivity index (χ3v) is 3.61. The molecule has 2 rings (SSSR count). The molecule has 1 N–H and O–H groups in total. The van der Waals surface area contributed by atoms with Gasteiger partial charge in [-0.3, -0.25) is 9.58 Å². The van der Waals surface area contributed by atoms with Gasteiger partial charge in [0.05, 0.1) is 24.9 Å². The maximum Gasteiger partial charge on any atom is 0.0594 e. The molecule has 0 amide bonds. The minimum atomic E-state index is 0.0532. The predicted molar refractivity (Wildman–Crippen MR) is 80.8 cm³/mol. The van der Waals surface area contributed by atoms with E-state index in [0.29, 0.717) is 6.04 Å². The summed E-state index contributed by atoms with van der Waals surface area (Å²) in [7, 11) is 0. The monoisotopic (exact) mass is 280 g/mol. The average Bonchev–Trinajstić information content (AvgIpc) is 2.86. The topological polar surface area (TPSA) is 42.3 Å². The first-order valence-corrected chi connectivity index (χ1v) is 7.52. The summed E-state index contributed by atoms with van der Waals surface area (Å²) in [5.74, 6) is 0. The molecule has 5 heteroatoms. The maximum absolute atomic E-state index is 5.37. The summed E-state index contributed by atoms with van der Waals surface area (Å²) in [6, 6.07) is 0.478. The summed E-state index contributed by atoms with van der Waals surface area (Å²) < 4.78 is 7.40. The van der Waals surface area contributed by atoms with Crippen molar-refractivity contribution in [1.82, 2.24) is 20.0 Å². The number of morpholine rings is 1. The molecule has 114 valence electrons. The first-order valence-electron chi connectivity index (χ1n) is 7.52. The van der Waals surface area contributed by atoms with Gasteiger partial charge in [-0.05, 0) is 27.7 Å². The SMILES string of the molecule is CC(CN1CCOCC1)NCc1cnn(C(C)(C)C)c1. The number of rotatable bonds is 5. The molecule has 20 heavy (non-hydrogen) atoms. The van der Waals surface area contributed by atoms with E-state index in [-0.39, 0.29) is 5.54 Å². The van der Waals surface area contributed by atoms with Gasteiger partial charge in [-0.2, -0.15) is 5.10 Å². The van der Waals surface area contributed by atoms with E-state index in [0.717, 1.165) is 39.4 Å². The van der Waals surface area contributed by atoms with Crippen LogP contribution in [0.5, 0.6) is 0 Å². The summed E-state index contributed by atoms with van der Waals surface area (Å²) >= 11 is 0. The first kappa shape index (κ1) is 15.5. The zero-order valence-corrected chi connectivity index (χ0v) is 13.2. The van der Waals surface area contributed by atoms with Crippen molar-refractivity contribution in [3.63, 3.8) is 0 Å². The van der Waals surface area contributed by atoms with Crippen LogP contribution in [0.2, 0.25) is 0 Å². The highest BCUT2D eigenvalue weighted by Crippen LogP contribution is 2.13.